The molecule has 0 spiro atoms. The van der Waals surface area contributed by atoms with E-state index in [9.17, 15) is 13.2 Å². The van der Waals surface area contributed by atoms with Crippen LogP contribution in [0.25, 0.3) is 11.3 Å². The largest absolute Gasteiger partial charge is 0.433 e. The SMILES string of the molecule is Cn1cc(-c2cc(C(F)(F)F)nc(Cl)n2)cn1. The first kappa shape index (κ1) is 11.8. The lowest BCUT2D eigenvalue weighted by Gasteiger charge is -2.06. The van der Waals surface area contributed by atoms with Gasteiger partial charge in [-0.2, -0.15) is 18.3 Å². The van der Waals surface area contributed by atoms with Gasteiger partial charge in [0.15, 0.2) is 0 Å². The van der Waals surface area contributed by atoms with Crippen molar-refractivity contribution in [2.75, 3.05) is 0 Å². The van der Waals surface area contributed by atoms with Crippen LogP contribution < -0.4 is 0 Å². The van der Waals surface area contributed by atoms with Crippen LogP contribution in [-0.2, 0) is 13.2 Å². The summed E-state index contributed by atoms with van der Waals surface area (Å²) in [5.74, 6) is 0. The molecule has 90 valence electrons. The lowest BCUT2D eigenvalue weighted by Crippen LogP contribution is -2.09. The number of aromatic nitrogens is 4. The first-order valence-corrected chi connectivity index (χ1v) is 4.85. The minimum Gasteiger partial charge on any atom is -0.275 e. The van der Waals surface area contributed by atoms with Crippen LogP contribution in [0, 0.1) is 0 Å². The summed E-state index contributed by atoms with van der Waals surface area (Å²) in [4.78, 5) is 6.87. The molecule has 4 nitrogen and oxygen atoms in total. The highest BCUT2D eigenvalue weighted by molar-refractivity contribution is 6.28. The van der Waals surface area contributed by atoms with Crippen molar-refractivity contribution < 1.29 is 13.2 Å². The molecule has 0 saturated heterocycles. The Kier molecular flexibility index (Phi) is 2.78. The highest BCUT2D eigenvalue weighted by Gasteiger charge is 2.33. The van der Waals surface area contributed by atoms with Crippen molar-refractivity contribution in [3.05, 3.63) is 29.4 Å². The number of hydrogen-bond acceptors (Lipinski definition) is 3. The van der Waals surface area contributed by atoms with Gasteiger partial charge in [0, 0.05) is 18.8 Å². The fraction of sp³-hybridized carbons (Fsp3) is 0.222. The molecule has 0 aliphatic rings. The summed E-state index contributed by atoms with van der Waals surface area (Å²) in [6.45, 7) is 0. The molecule has 2 rings (SSSR count). The Labute approximate surface area is 99.1 Å². The van der Waals surface area contributed by atoms with E-state index in [0.717, 1.165) is 6.07 Å². The van der Waals surface area contributed by atoms with Gasteiger partial charge in [0.1, 0.15) is 5.69 Å². The maximum atomic E-state index is 12.5. The van der Waals surface area contributed by atoms with Crippen molar-refractivity contribution in [3.8, 4) is 11.3 Å². The predicted octanol–water partition coefficient (Wildman–Crippen LogP) is 2.55. The molecule has 17 heavy (non-hydrogen) atoms. The normalized spacial score (nSPS) is 11.8. The van der Waals surface area contributed by atoms with Crippen LogP contribution in [0.5, 0.6) is 0 Å². The Balaban J connectivity index is 2.52. The number of rotatable bonds is 1. The molecule has 0 radical (unpaired) electrons. The second-order valence-corrected chi connectivity index (χ2v) is 3.65. The third-order valence-corrected chi connectivity index (χ3v) is 2.16. The minimum atomic E-state index is -4.55. The van der Waals surface area contributed by atoms with Crippen LogP contribution in [-0.4, -0.2) is 19.7 Å². The quantitative estimate of drug-likeness (QED) is 0.742. The van der Waals surface area contributed by atoms with Crippen molar-refractivity contribution in [1.82, 2.24) is 19.7 Å². The fourth-order valence-corrected chi connectivity index (χ4v) is 1.45. The van der Waals surface area contributed by atoms with Crippen molar-refractivity contribution in [1.29, 1.82) is 0 Å². The van der Waals surface area contributed by atoms with Crippen molar-refractivity contribution in [2.24, 2.45) is 7.05 Å². The highest BCUT2D eigenvalue weighted by Crippen LogP contribution is 2.30. The van der Waals surface area contributed by atoms with E-state index in [1.54, 1.807) is 13.2 Å². The zero-order valence-electron chi connectivity index (χ0n) is 8.53. The van der Waals surface area contributed by atoms with Crippen LogP contribution in [0.4, 0.5) is 13.2 Å². The van der Waals surface area contributed by atoms with Crippen molar-refractivity contribution in [2.45, 2.75) is 6.18 Å². The van der Waals surface area contributed by atoms with Gasteiger partial charge in [0.2, 0.25) is 5.28 Å². The van der Waals surface area contributed by atoms with Gasteiger partial charge in [-0.3, -0.25) is 4.68 Å². The van der Waals surface area contributed by atoms with E-state index in [1.165, 1.54) is 10.9 Å². The van der Waals surface area contributed by atoms with Gasteiger partial charge < -0.3 is 0 Å². The molecule has 0 bridgehead atoms. The maximum absolute atomic E-state index is 12.5. The minimum absolute atomic E-state index is 0.0884. The zero-order valence-corrected chi connectivity index (χ0v) is 9.29. The Hall–Kier alpha value is -1.63. The molecule has 8 heteroatoms. The summed E-state index contributed by atoms with van der Waals surface area (Å²) in [5, 5.41) is 3.40. The van der Waals surface area contributed by atoms with Gasteiger partial charge in [-0.15, -0.1) is 0 Å². The van der Waals surface area contributed by atoms with Crippen LogP contribution in [0.15, 0.2) is 18.5 Å². The van der Waals surface area contributed by atoms with Gasteiger partial charge in [-0.1, -0.05) is 0 Å². The summed E-state index contributed by atoms with van der Waals surface area (Å²) < 4.78 is 39.0. The molecule has 2 heterocycles. The Morgan fingerprint density at radius 1 is 1.29 bits per heavy atom. The Bertz CT molecular complexity index is 549. The van der Waals surface area contributed by atoms with Gasteiger partial charge in [-0.05, 0) is 17.7 Å². The van der Waals surface area contributed by atoms with Crippen LogP contribution in [0.2, 0.25) is 5.28 Å². The third kappa shape index (κ3) is 2.55. The summed E-state index contributed by atoms with van der Waals surface area (Å²) in [5.41, 5.74) is -0.538. The van der Waals surface area contributed by atoms with Crippen molar-refractivity contribution in [3.63, 3.8) is 0 Å². The molecule has 0 aromatic carbocycles. The molecule has 0 saturated carbocycles. The second-order valence-electron chi connectivity index (χ2n) is 3.31. The van der Waals surface area contributed by atoms with Gasteiger partial charge >= 0.3 is 6.18 Å². The fourth-order valence-electron chi connectivity index (χ4n) is 1.26. The topological polar surface area (TPSA) is 43.6 Å². The smallest absolute Gasteiger partial charge is 0.275 e. The molecule has 0 fully saturated rings. The first-order chi connectivity index (χ1) is 7.86. The number of alkyl halides is 3. The standard InChI is InChI=1S/C9H6ClF3N4/c1-17-4-5(3-14-17)6-2-7(9(11,12)13)16-8(10)15-6/h2-4H,1H3. The molecular formula is C9H6ClF3N4. The number of halogens is 4. The molecule has 2 aromatic rings. The van der Waals surface area contributed by atoms with E-state index >= 15 is 0 Å². The third-order valence-electron chi connectivity index (χ3n) is 1.99. The summed E-state index contributed by atoms with van der Waals surface area (Å²) >= 11 is 5.46. The molecule has 2 aromatic heterocycles. The number of hydrogen-bond donors (Lipinski definition) is 0. The Morgan fingerprint density at radius 3 is 2.53 bits per heavy atom. The number of nitrogens with zero attached hydrogens (tertiary/aromatic N) is 4. The van der Waals surface area contributed by atoms with Crippen LogP contribution >= 0.6 is 11.6 Å². The molecule has 0 unspecified atom stereocenters. The molecular weight excluding hydrogens is 257 g/mol. The molecule has 0 N–H and O–H groups in total. The summed E-state index contributed by atoms with van der Waals surface area (Å²) in [6, 6.07) is 0.836. The lowest BCUT2D eigenvalue weighted by molar-refractivity contribution is -0.141. The van der Waals surface area contributed by atoms with Gasteiger partial charge in [0.25, 0.3) is 0 Å². The van der Waals surface area contributed by atoms with E-state index in [1.807, 2.05) is 0 Å². The van der Waals surface area contributed by atoms with E-state index in [4.69, 9.17) is 11.6 Å². The second kappa shape index (κ2) is 3.99. The maximum Gasteiger partial charge on any atom is 0.433 e. The molecule has 0 atom stereocenters. The molecule has 0 aliphatic heterocycles. The summed E-state index contributed by atoms with van der Waals surface area (Å²) in [7, 11) is 1.65. The number of aryl methyl sites for hydroxylation is 1. The predicted molar refractivity (Wildman–Crippen MR) is 54.2 cm³/mol. The van der Waals surface area contributed by atoms with E-state index in [2.05, 4.69) is 15.1 Å². The Morgan fingerprint density at radius 2 is 2.00 bits per heavy atom. The lowest BCUT2D eigenvalue weighted by atomic mass is 10.2. The monoisotopic (exact) mass is 262 g/mol. The summed E-state index contributed by atoms with van der Waals surface area (Å²) in [6.07, 6.45) is -1.61. The average Bonchev–Trinajstić information content (AvgIpc) is 2.62. The molecule has 0 amide bonds. The van der Waals surface area contributed by atoms with Gasteiger partial charge in [0.05, 0.1) is 11.9 Å². The van der Waals surface area contributed by atoms with E-state index < -0.39 is 17.2 Å². The van der Waals surface area contributed by atoms with E-state index in [0.29, 0.717) is 5.56 Å². The highest BCUT2D eigenvalue weighted by atomic mass is 35.5. The van der Waals surface area contributed by atoms with Crippen molar-refractivity contribution >= 4 is 11.6 Å². The first-order valence-electron chi connectivity index (χ1n) is 4.47. The van der Waals surface area contributed by atoms with Gasteiger partial charge in [-0.25, -0.2) is 9.97 Å². The average molecular weight is 263 g/mol. The van der Waals surface area contributed by atoms with Crippen LogP contribution in [0.1, 0.15) is 5.69 Å². The molecule has 0 aliphatic carbocycles. The zero-order chi connectivity index (χ0) is 12.6. The van der Waals surface area contributed by atoms with E-state index in [-0.39, 0.29) is 5.69 Å². The van der Waals surface area contributed by atoms with Crippen LogP contribution in [0.3, 0.4) is 0 Å².